The molecule has 2 N–H and O–H groups in total. The molecule has 4 heterocycles. The Kier molecular flexibility index (Phi) is 5.46. The zero-order valence-electron chi connectivity index (χ0n) is 15.5. The molecule has 29 heavy (non-hydrogen) atoms. The van der Waals surface area contributed by atoms with Crippen LogP contribution in [0.5, 0.6) is 0 Å². The maximum absolute atomic E-state index is 13.6. The van der Waals surface area contributed by atoms with E-state index in [2.05, 4.69) is 24.9 Å². The van der Waals surface area contributed by atoms with Gasteiger partial charge < -0.3 is 20.1 Å². The van der Waals surface area contributed by atoms with E-state index in [1.165, 1.54) is 0 Å². The summed E-state index contributed by atoms with van der Waals surface area (Å²) in [7, 11) is 0. The fraction of sp³-hybridized carbons (Fsp3) is 0.588. The fourth-order valence-electron chi connectivity index (χ4n) is 3.32. The van der Waals surface area contributed by atoms with Gasteiger partial charge in [-0.15, -0.1) is 0 Å². The first kappa shape index (κ1) is 19.7. The second-order valence-corrected chi connectivity index (χ2v) is 6.79. The fourth-order valence-corrected chi connectivity index (χ4v) is 3.32. The second kappa shape index (κ2) is 8.03. The molecular formula is C17H20F3N7O2. The molecule has 9 nitrogen and oxygen atoms in total. The van der Waals surface area contributed by atoms with Gasteiger partial charge in [0, 0.05) is 38.4 Å². The summed E-state index contributed by atoms with van der Waals surface area (Å²) in [5, 5.41) is 0. The largest absolute Gasteiger partial charge is 0.434 e. The predicted molar refractivity (Wildman–Crippen MR) is 96.1 cm³/mol. The van der Waals surface area contributed by atoms with E-state index in [9.17, 15) is 13.2 Å². The molecule has 0 atom stereocenters. The van der Waals surface area contributed by atoms with Crippen LogP contribution in [-0.2, 0) is 15.7 Å². The van der Waals surface area contributed by atoms with Crippen molar-refractivity contribution in [3.8, 4) is 11.4 Å². The number of anilines is 2. The summed E-state index contributed by atoms with van der Waals surface area (Å²) in [5.41, 5.74) is 3.90. The molecule has 2 aliphatic rings. The summed E-state index contributed by atoms with van der Waals surface area (Å²) in [6.45, 7) is 3.18. The van der Waals surface area contributed by atoms with Crippen LogP contribution in [0.1, 0.15) is 30.3 Å². The van der Waals surface area contributed by atoms with Gasteiger partial charge >= 0.3 is 6.18 Å². The van der Waals surface area contributed by atoms with Gasteiger partial charge in [0.05, 0.1) is 18.8 Å². The first-order chi connectivity index (χ1) is 13.9. The summed E-state index contributed by atoms with van der Waals surface area (Å²) in [4.78, 5) is 22.3. The minimum Gasteiger partial charge on any atom is -0.381 e. The van der Waals surface area contributed by atoms with Crippen molar-refractivity contribution >= 4 is 11.9 Å². The molecule has 0 unspecified atom stereocenters. The topological polar surface area (TPSA) is 112 Å². The van der Waals surface area contributed by atoms with Crippen LogP contribution >= 0.6 is 0 Å². The molecule has 2 fully saturated rings. The molecule has 0 amide bonds. The highest BCUT2D eigenvalue weighted by Crippen LogP contribution is 2.35. The van der Waals surface area contributed by atoms with Gasteiger partial charge in [0.2, 0.25) is 11.9 Å². The molecule has 2 aliphatic heterocycles. The van der Waals surface area contributed by atoms with Crippen molar-refractivity contribution in [3.05, 3.63) is 17.7 Å². The Hall–Kier alpha value is -2.60. The minimum atomic E-state index is -4.73. The summed E-state index contributed by atoms with van der Waals surface area (Å²) in [5.74, 6) is 0.173. The van der Waals surface area contributed by atoms with E-state index in [0.29, 0.717) is 64.1 Å². The SMILES string of the molecule is Nc1ncc(-c2nc(C3CCOCC3)nc(N3CCOCC3)n2)c(C(F)(F)F)n1. The first-order valence-corrected chi connectivity index (χ1v) is 9.28. The number of nitrogens with zero attached hydrogens (tertiary/aromatic N) is 6. The number of rotatable bonds is 3. The molecule has 0 bridgehead atoms. The molecule has 4 rings (SSSR count). The molecular weight excluding hydrogens is 391 g/mol. The Labute approximate surface area is 164 Å². The lowest BCUT2D eigenvalue weighted by Gasteiger charge is -2.28. The van der Waals surface area contributed by atoms with Gasteiger partial charge in [-0.1, -0.05) is 0 Å². The minimum absolute atomic E-state index is 0.0191. The van der Waals surface area contributed by atoms with E-state index in [1.54, 1.807) is 0 Å². The van der Waals surface area contributed by atoms with E-state index in [-0.39, 0.29) is 17.3 Å². The third-order valence-electron chi connectivity index (χ3n) is 4.84. The van der Waals surface area contributed by atoms with Crippen LogP contribution in [0.25, 0.3) is 11.4 Å². The zero-order chi connectivity index (χ0) is 20.4. The molecule has 0 aliphatic carbocycles. The van der Waals surface area contributed by atoms with Crippen LogP contribution in [0.3, 0.4) is 0 Å². The van der Waals surface area contributed by atoms with Gasteiger partial charge in [0.15, 0.2) is 11.5 Å². The normalized spacial score (nSPS) is 18.8. The highest BCUT2D eigenvalue weighted by molar-refractivity contribution is 5.60. The molecule has 0 spiro atoms. The number of alkyl halides is 3. The van der Waals surface area contributed by atoms with Crippen LogP contribution in [0.4, 0.5) is 25.1 Å². The lowest BCUT2D eigenvalue weighted by atomic mass is 9.99. The third-order valence-corrected chi connectivity index (χ3v) is 4.84. The number of hydrogen-bond donors (Lipinski definition) is 1. The summed E-state index contributed by atoms with van der Waals surface area (Å²) in [6.07, 6.45) is -2.33. The number of halogens is 3. The predicted octanol–water partition coefficient (Wildman–Crippen LogP) is 1.66. The van der Waals surface area contributed by atoms with Crippen LogP contribution in [0, 0.1) is 0 Å². The average molecular weight is 411 g/mol. The van der Waals surface area contributed by atoms with Gasteiger partial charge in [-0.25, -0.2) is 15.0 Å². The molecule has 156 valence electrons. The molecule has 12 heteroatoms. The standard InChI is InChI=1S/C17H20F3N7O2/c18-17(19,20)12-11(9-22-15(21)23-12)14-24-13(10-1-5-28-6-2-10)25-16(26-14)27-3-7-29-8-4-27/h9-10H,1-8H2,(H2,21,22,23). The molecule has 2 saturated heterocycles. The average Bonchev–Trinajstić information content (AvgIpc) is 2.74. The molecule has 0 saturated carbocycles. The maximum Gasteiger partial charge on any atom is 0.434 e. The zero-order valence-corrected chi connectivity index (χ0v) is 15.5. The quantitative estimate of drug-likeness (QED) is 0.806. The van der Waals surface area contributed by atoms with E-state index >= 15 is 0 Å². The maximum atomic E-state index is 13.6. The summed E-state index contributed by atoms with van der Waals surface area (Å²) >= 11 is 0. The van der Waals surface area contributed by atoms with Crippen molar-refractivity contribution in [1.29, 1.82) is 0 Å². The van der Waals surface area contributed by atoms with Gasteiger partial charge in [0.25, 0.3) is 0 Å². The smallest absolute Gasteiger partial charge is 0.381 e. The van der Waals surface area contributed by atoms with E-state index in [4.69, 9.17) is 15.2 Å². The van der Waals surface area contributed by atoms with E-state index in [1.807, 2.05) is 4.90 Å². The lowest BCUT2D eigenvalue weighted by Crippen LogP contribution is -2.38. The third kappa shape index (κ3) is 4.37. The molecule has 0 radical (unpaired) electrons. The monoisotopic (exact) mass is 411 g/mol. The Morgan fingerprint density at radius 3 is 2.34 bits per heavy atom. The first-order valence-electron chi connectivity index (χ1n) is 9.28. The number of hydrogen-bond acceptors (Lipinski definition) is 9. The van der Waals surface area contributed by atoms with Crippen molar-refractivity contribution in [1.82, 2.24) is 24.9 Å². The summed E-state index contributed by atoms with van der Waals surface area (Å²) < 4.78 is 51.4. The number of nitrogen functional groups attached to an aromatic ring is 1. The van der Waals surface area contributed by atoms with Gasteiger partial charge in [0.1, 0.15) is 5.82 Å². The van der Waals surface area contributed by atoms with Crippen molar-refractivity contribution < 1.29 is 22.6 Å². The Balaban J connectivity index is 1.82. The Bertz CT molecular complexity index is 832. The molecule has 2 aromatic heterocycles. The van der Waals surface area contributed by atoms with Crippen LogP contribution < -0.4 is 10.6 Å². The molecule has 2 aromatic rings. The lowest BCUT2D eigenvalue weighted by molar-refractivity contribution is -0.140. The molecule has 0 aromatic carbocycles. The number of ether oxygens (including phenoxy) is 2. The second-order valence-electron chi connectivity index (χ2n) is 6.79. The van der Waals surface area contributed by atoms with E-state index in [0.717, 1.165) is 6.20 Å². The van der Waals surface area contributed by atoms with Crippen LogP contribution in [0.2, 0.25) is 0 Å². The van der Waals surface area contributed by atoms with Crippen molar-refractivity contribution in [2.24, 2.45) is 0 Å². The van der Waals surface area contributed by atoms with Crippen molar-refractivity contribution in [3.63, 3.8) is 0 Å². The highest BCUT2D eigenvalue weighted by Gasteiger charge is 2.38. The Morgan fingerprint density at radius 2 is 1.66 bits per heavy atom. The van der Waals surface area contributed by atoms with Gasteiger partial charge in [-0.05, 0) is 12.8 Å². The van der Waals surface area contributed by atoms with E-state index < -0.39 is 17.8 Å². The number of aromatic nitrogens is 5. The highest BCUT2D eigenvalue weighted by atomic mass is 19.4. The number of nitrogens with two attached hydrogens (primary N) is 1. The summed E-state index contributed by atoms with van der Waals surface area (Å²) in [6, 6.07) is 0. The van der Waals surface area contributed by atoms with Crippen LogP contribution in [0.15, 0.2) is 6.20 Å². The number of morpholine rings is 1. The van der Waals surface area contributed by atoms with Crippen LogP contribution in [-0.4, -0.2) is 64.4 Å². The van der Waals surface area contributed by atoms with Crippen molar-refractivity contribution in [2.75, 3.05) is 50.2 Å². The van der Waals surface area contributed by atoms with Gasteiger partial charge in [-0.2, -0.15) is 23.1 Å². The van der Waals surface area contributed by atoms with Gasteiger partial charge in [-0.3, -0.25) is 0 Å². The Morgan fingerprint density at radius 1 is 0.966 bits per heavy atom. The van der Waals surface area contributed by atoms with Crippen molar-refractivity contribution in [2.45, 2.75) is 24.9 Å².